The second kappa shape index (κ2) is 7.05. The van der Waals surface area contributed by atoms with Crippen LogP contribution in [0.15, 0.2) is 36.4 Å². The van der Waals surface area contributed by atoms with E-state index in [-0.39, 0.29) is 5.78 Å². The van der Waals surface area contributed by atoms with Gasteiger partial charge in [0.1, 0.15) is 11.7 Å². The first-order valence-corrected chi connectivity index (χ1v) is 9.11. The van der Waals surface area contributed by atoms with E-state index in [4.69, 9.17) is 5.26 Å². The summed E-state index contributed by atoms with van der Waals surface area (Å²) in [6.07, 6.45) is 1.16. The van der Waals surface area contributed by atoms with Gasteiger partial charge in [-0.05, 0) is 30.5 Å². The van der Waals surface area contributed by atoms with Crippen molar-refractivity contribution >= 4 is 11.6 Å². The smallest absolute Gasteiger partial charge is 0.176 e. The van der Waals surface area contributed by atoms with Crippen molar-refractivity contribution < 1.29 is 9.18 Å². The third kappa shape index (κ3) is 3.81. The monoisotopic (exact) mass is 365 g/mol. The Labute approximate surface area is 157 Å². The molecule has 1 aliphatic carbocycles. The maximum Gasteiger partial charge on any atom is 0.176 e. The number of hydrogen-bond donors (Lipinski definition) is 0. The topological polar surface area (TPSA) is 73.1 Å². The molecule has 0 radical (unpaired) electrons. The molecular formula is C20H20FN5O. The summed E-state index contributed by atoms with van der Waals surface area (Å²) in [7, 11) is 0. The van der Waals surface area contributed by atoms with Crippen molar-refractivity contribution in [2.45, 2.75) is 18.5 Å². The summed E-state index contributed by atoms with van der Waals surface area (Å²) in [4.78, 5) is 16.7. The molecule has 4 rings (SSSR count). The lowest BCUT2D eigenvalue weighted by Gasteiger charge is -2.34. The van der Waals surface area contributed by atoms with Gasteiger partial charge in [0.25, 0.3) is 0 Å². The van der Waals surface area contributed by atoms with Gasteiger partial charge in [0.2, 0.25) is 0 Å². The van der Waals surface area contributed by atoms with Gasteiger partial charge in [-0.25, -0.2) is 4.39 Å². The third-order valence-corrected chi connectivity index (χ3v) is 5.24. The number of carbonyl (C=O) groups is 1. The van der Waals surface area contributed by atoms with Crippen LogP contribution >= 0.6 is 0 Å². The van der Waals surface area contributed by atoms with Crippen molar-refractivity contribution in [3.8, 4) is 6.07 Å². The van der Waals surface area contributed by atoms with Crippen molar-refractivity contribution in [2.24, 2.45) is 0 Å². The molecule has 0 unspecified atom stereocenters. The summed E-state index contributed by atoms with van der Waals surface area (Å²) in [5.74, 6) is 0.799. The van der Waals surface area contributed by atoms with Crippen LogP contribution in [-0.4, -0.2) is 53.6 Å². The van der Waals surface area contributed by atoms with Crippen LogP contribution in [0.3, 0.4) is 0 Å². The molecule has 0 spiro atoms. The number of piperazine rings is 1. The Hall–Kier alpha value is -2.85. The van der Waals surface area contributed by atoms with Gasteiger partial charge < -0.3 is 4.90 Å². The maximum absolute atomic E-state index is 14.0. The Morgan fingerprint density at radius 1 is 1.07 bits per heavy atom. The van der Waals surface area contributed by atoms with Crippen molar-refractivity contribution in [1.29, 1.82) is 5.26 Å². The summed E-state index contributed by atoms with van der Waals surface area (Å²) >= 11 is 0. The minimum Gasteiger partial charge on any atom is -0.353 e. The number of benzene rings is 1. The fraction of sp³-hybridized carbons (Fsp3) is 0.400. The summed E-state index contributed by atoms with van der Waals surface area (Å²) in [6.45, 7) is 3.35. The van der Waals surface area contributed by atoms with E-state index in [0.29, 0.717) is 36.2 Å². The van der Waals surface area contributed by atoms with Crippen LogP contribution in [0.1, 0.15) is 34.5 Å². The highest BCUT2D eigenvalue weighted by Gasteiger charge is 2.44. The Balaban J connectivity index is 1.30. The molecule has 6 nitrogen and oxygen atoms in total. The maximum atomic E-state index is 14.0. The first kappa shape index (κ1) is 17.6. The fourth-order valence-corrected chi connectivity index (χ4v) is 3.34. The molecule has 1 aromatic carbocycles. The summed E-state index contributed by atoms with van der Waals surface area (Å²) in [5.41, 5.74) is 0.445. The average Bonchev–Trinajstić information content (AvgIpc) is 3.47. The molecule has 2 aliphatic rings. The molecule has 2 heterocycles. The largest absolute Gasteiger partial charge is 0.353 e. The van der Waals surface area contributed by atoms with Gasteiger partial charge in [-0.2, -0.15) is 5.26 Å². The molecule has 1 aliphatic heterocycles. The van der Waals surface area contributed by atoms with E-state index in [1.54, 1.807) is 36.4 Å². The molecule has 138 valence electrons. The average molecular weight is 365 g/mol. The van der Waals surface area contributed by atoms with Crippen LogP contribution in [-0.2, 0) is 5.67 Å². The Kier molecular flexibility index (Phi) is 4.58. The highest BCUT2D eigenvalue weighted by molar-refractivity contribution is 5.97. The lowest BCUT2D eigenvalue weighted by atomic mass is 10.0. The molecular weight excluding hydrogens is 345 g/mol. The van der Waals surface area contributed by atoms with Crippen LogP contribution in [0.2, 0.25) is 0 Å². The van der Waals surface area contributed by atoms with Crippen LogP contribution in [0.5, 0.6) is 0 Å². The molecule has 0 atom stereocenters. The Morgan fingerprint density at radius 3 is 2.33 bits per heavy atom. The fourth-order valence-electron chi connectivity index (χ4n) is 3.34. The lowest BCUT2D eigenvalue weighted by Crippen LogP contribution is -2.48. The first-order valence-electron chi connectivity index (χ1n) is 9.11. The Morgan fingerprint density at radius 2 is 1.78 bits per heavy atom. The molecule has 0 N–H and O–H groups in total. The van der Waals surface area contributed by atoms with Crippen molar-refractivity contribution in [2.75, 3.05) is 37.6 Å². The van der Waals surface area contributed by atoms with Gasteiger partial charge in [0.05, 0.1) is 6.54 Å². The number of alkyl halides is 1. The quantitative estimate of drug-likeness (QED) is 0.757. The van der Waals surface area contributed by atoms with Crippen molar-refractivity contribution in [1.82, 2.24) is 15.1 Å². The SMILES string of the molecule is N#Cc1ccc(N2CCN(CC(=O)c3ccc(C4(F)CC4)cc3)CC2)nn1. The summed E-state index contributed by atoms with van der Waals surface area (Å²) in [6, 6.07) is 12.4. The second-order valence-corrected chi connectivity index (χ2v) is 7.12. The number of aromatic nitrogens is 2. The molecule has 27 heavy (non-hydrogen) atoms. The van der Waals surface area contributed by atoms with Crippen molar-refractivity contribution in [3.63, 3.8) is 0 Å². The molecule has 7 heteroatoms. The normalized spacial score (nSPS) is 18.7. The van der Waals surface area contributed by atoms with E-state index < -0.39 is 5.67 Å². The molecule has 1 aromatic heterocycles. The second-order valence-electron chi connectivity index (χ2n) is 7.12. The van der Waals surface area contributed by atoms with Gasteiger partial charge in [0.15, 0.2) is 17.3 Å². The predicted molar refractivity (Wildman–Crippen MR) is 98.2 cm³/mol. The molecule has 1 saturated heterocycles. The zero-order valence-corrected chi connectivity index (χ0v) is 14.9. The predicted octanol–water partition coefficient (Wildman–Crippen LogP) is 2.31. The summed E-state index contributed by atoms with van der Waals surface area (Å²) < 4.78 is 14.0. The van der Waals surface area contributed by atoms with Gasteiger partial charge in [-0.1, -0.05) is 24.3 Å². The third-order valence-electron chi connectivity index (χ3n) is 5.24. The molecule has 0 bridgehead atoms. The number of anilines is 1. The van der Waals surface area contributed by atoms with Gasteiger partial charge in [0, 0.05) is 31.7 Å². The standard InChI is InChI=1S/C20H20FN5O/c21-20(7-8-20)16-3-1-15(2-4-16)18(27)14-25-9-11-26(12-10-25)19-6-5-17(13-22)23-24-19/h1-6H,7-12,14H2. The van der Waals surface area contributed by atoms with Crippen LogP contribution in [0.25, 0.3) is 0 Å². The molecule has 2 aromatic rings. The van der Waals surface area contributed by atoms with E-state index in [1.807, 2.05) is 6.07 Å². The number of Topliss-reactive ketones (excluding diaryl/α,β-unsaturated/α-hetero) is 1. The van der Waals surface area contributed by atoms with E-state index in [0.717, 1.165) is 32.0 Å². The highest BCUT2D eigenvalue weighted by Crippen LogP contribution is 2.49. The highest BCUT2D eigenvalue weighted by atomic mass is 19.1. The van der Waals surface area contributed by atoms with Crippen molar-refractivity contribution in [3.05, 3.63) is 53.2 Å². The zero-order chi connectivity index (χ0) is 18.9. The van der Waals surface area contributed by atoms with Gasteiger partial charge in [-0.15, -0.1) is 10.2 Å². The van der Waals surface area contributed by atoms with E-state index in [1.165, 1.54) is 0 Å². The van der Waals surface area contributed by atoms with Crippen LogP contribution < -0.4 is 4.90 Å². The number of rotatable bonds is 5. The minimum atomic E-state index is -1.16. The van der Waals surface area contributed by atoms with Gasteiger partial charge in [-0.3, -0.25) is 9.69 Å². The van der Waals surface area contributed by atoms with E-state index in [9.17, 15) is 9.18 Å². The number of ketones is 1. The number of carbonyl (C=O) groups excluding carboxylic acids is 1. The number of nitriles is 1. The first-order chi connectivity index (χ1) is 13.1. The van der Waals surface area contributed by atoms with E-state index >= 15 is 0 Å². The minimum absolute atomic E-state index is 0.0527. The lowest BCUT2D eigenvalue weighted by molar-refractivity contribution is 0.0926. The van der Waals surface area contributed by atoms with E-state index in [2.05, 4.69) is 20.0 Å². The van der Waals surface area contributed by atoms with Crippen LogP contribution in [0.4, 0.5) is 10.2 Å². The van der Waals surface area contributed by atoms with Gasteiger partial charge >= 0.3 is 0 Å². The Bertz CT molecular complexity index is 863. The molecule has 0 amide bonds. The van der Waals surface area contributed by atoms with Crippen LogP contribution in [0, 0.1) is 11.3 Å². The zero-order valence-electron chi connectivity index (χ0n) is 14.9. The number of nitrogens with zero attached hydrogens (tertiary/aromatic N) is 5. The molecule has 1 saturated carbocycles. The molecule has 2 fully saturated rings. The number of hydrogen-bond acceptors (Lipinski definition) is 6. The number of halogens is 1. The summed E-state index contributed by atoms with van der Waals surface area (Å²) in [5, 5.41) is 16.7.